The van der Waals surface area contributed by atoms with Crippen LogP contribution >= 0.6 is 0 Å². The summed E-state index contributed by atoms with van der Waals surface area (Å²) in [4.78, 5) is 105. The molecule has 4 saturated heterocycles. The number of carbonyl (C=O) groups excluding carboxylic acids is 5. The molecule has 4 aliphatic heterocycles. The van der Waals surface area contributed by atoms with E-state index in [4.69, 9.17) is 65.4 Å². The highest BCUT2D eigenvalue weighted by atomic mass is 16.6. The van der Waals surface area contributed by atoms with Gasteiger partial charge in [0.05, 0.1) is 71.4 Å². The van der Waals surface area contributed by atoms with Crippen molar-refractivity contribution < 1.29 is 86.4 Å². The molecule has 12 heterocycles. The van der Waals surface area contributed by atoms with Crippen LogP contribution in [0.3, 0.4) is 0 Å². The van der Waals surface area contributed by atoms with Crippen LogP contribution in [0.4, 0.5) is 26.7 Å². The second kappa shape index (κ2) is 33.4. The lowest BCUT2D eigenvalue weighted by molar-refractivity contribution is -0.165. The number of nitrogens with zero attached hydrogens (tertiary/aromatic N) is 11. The number of amidine groups is 1. The molecule has 0 atom stereocenters. The molecule has 4 fully saturated rings. The van der Waals surface area contributed by atoms with E-state index in [-0.39, 0.29) is 76.5 Å². The van der Waals surface area contributed by atoms with E-state index in [1.807, 2.05) is 106 Å². The second-order valence-corrected chi connectivity index (χ2v) is 28.3. The van der Waals surface area contributed by atoms with Crippen LogP contribution in [0.5, 0.6) is 0 Å². The van der Waals surface area contributed by atoms with Crippen LogP contribution in [0, 0.1) is 20.8 Å². The maximum atomic E-state index is 13.0. The lowest BCUT2D eigenvalue weighted by atomic mass is 9.97. The number of alkyl carbamates (subject to hydrolysis) is 2. The maximum absolute atomic E-state index is 13.0. The second-order valence-electron chi connectivity index (χ2n) is 28.3. The molecule has 37 nitrogen and oxygen atoms in total. The van der Waals surface area contributed by atoms with Crippen LogP contribution in [-0.2, 0) is 49.1 Å². The van der Waals surface area contributed by atoms with Crippen molar-refractivity contribution in [1.82, 2.24) is 59.1 Å². The Morgan fingerprint density at radius 2 is 0.902 bits per heavy atom. The third-order valence-electron chi connectivity index (χ3n) is 17.2. The lowest BCUT2D eigenvalue weighted by Crippen LogP contribution is -2.67. The lowest BCUT2D eigenvalue weighted by Gasteiger charge is -2.38. The fraction of sp³-hybridized carbons (Fsp3) is 0.320. The number of anilines is 3. The Kier molecular flexibility index (Phi) is 24.3. The van der Waals surface area contributed by atoms with Gasteiger partial charge in [-0.2, -0.15) is 9.97 Å². The molecular formula is C75H85N19O18. The Morgan fingerprint density at radius 1 is 0.509 bits per heavy atom. The Bertz CT molecular complexity index is 5320. The molecule has 112 heavy (non-hydrogen) atoms. The average Bonchev–Trinajstić information content (AvgIpc) is 0.964. The minimum atomic E-state index is -1.32. The van der Waals surface area contributed by atoms with Crippen LogP contribution < -0.4 is 43.8 Å². The third-order valence-corrected chi connectivity index (χ3v) is 17.2. The van der Waals surface area contributed by atoms with Crippen molar-refractivity contribution in [2.24, 2.45) is 22.4 Å². The maximum Gasteiger partial charge on any atom is 0.408 e. The number of hydrogen-bond donors (Lipinski definition) is 11. The fourth-order valence-corrected chi connectivity index (χ4v) is 10.7. The van der Waals surface area contributed by atoms with Gasteiger partial charge in [0.1, 0.15) is 50.8 Å². The Balaban J connectivity index is 0.000000158. The number of imidazole rings is 3. The van der Waals surface area contributed by atoms with Gasteiger partial charge in [-0.1, -0.05) is 77.5 Å². The number of oxime groups is 1. The van der Waals surface area contributed by atoms with Crippen LogP contribution in [0.25, 0.3) is 39.7 Å². The number of nitrogens with two attached hydrogens (primary N) is 3. The predicted molar refractivity (Wildman–Crippen MR) is 403 cm³/mol. The predicted octanol–water partition coefficient (Wildman–Crippen LogP) is 7.61. The van der Waals surface area contributed by atoms with Gasteiger partial charge in [0.15, 0.2) is 22.5 Å². The number of aromatic nitrogens is 10. The van der Waals surface area contributed by atoms with E-state index in [1.54, 1.807) is 104 Å². The van der Waals surface area contributed by atoms with Crippen molar-refractivity contribution >= 4 is 81.7 Å². The molecule has 5 amide bonds. The Hall–Kier alpha value is -13.1. The number of amides is 5. The number of carboxylic acid groups (broad SMARTS) is 2. The first kappa shape index (κ1) is 81.4. The van der Waals surface area contributed by atoms with Crippen LogP contribution in [0.15, 0.2) is 161 Å². The summed E-state index contributed by atoms with van der Waals surface area (Å²) in [6.07, 6.45) is 8.63. The van der Waals surface area contributed by atoms with E-state index in [0.717, 1.165) is 16.7 Å². The highest BCUT2D eigenvalue weighted by Crippen LogP contribution is 2.34. The van der Waals surface area contributed by atoms with Crippen molar-refractivity contribution in [3.8, 4) is 22.8 Å². The molecule has 37 heteroatoms. The smallest absolute Gasteiger partial charge is 0.408 e. The van der Waals surface area contributed by atoms with Crippen molar-refractivity contribution in [1.29, 1.82) is 0 Å². The number of aliphatic carboxylic acids is 2. The Morgan fingerprint density at radius 3 is 1.25 bits per heavy atom. The monoisotopic (exact) mass is 1540 g/mol. The summed E-state index contributed by atoms with van der Waals surface area (Å²) in [5, 5.41) is 50.8. The molecule has 0 spiro atoms. The number of benzene rings is 3. The molecule has 0 radical (unpaired) electrons. The van der Waals surface area contributed by atoms with Gasteiger partial charge in [-0.3, -0.25) is 32.4 Å². The highest BCUT2D eigenvalue weighted by Gasteiger charge is 2.50. The van der Waals surface area contributed by atoms with Gasteiger partial charge in [-0.25, -0.2) is 29.3 Å². The molecule has 4 aliphatic rings. The van der Waals surface area contributed by atoms with Gasteiger partial charge in [-0.05, 0) is 134 Å². The molecule has 11 aromatic rings. The summed E-state index contributed by atoms with van der Waals surface area (Å²) in [7, 11) is 0. The first-order valence-electron chi connectivity index (χ1n) is 34.2. The summed E-state index contributed by atoms with van der Waals surface area (Å²) in [5.74, 6) is -1.68. The van der Waals surface area contributed by atoms with E-state index >= 15 is 0 Å². The minimum Gasteiger partial charge on any atom is -0.480 e. The molecule has 15 rings (SSSR count). The normalized spacial score (nSPS) is 15.3. The van der Waals surface area contributed by atoms with Crippen LogP contribution in [0.2, 0.25) is 0 Å². The third kappa shape index (κ3) is 18.8. The summed E-state index contributed by atoms with van der Waals surface area (Å²) >= 11 is 0. The number of rotatable bonds is 15. The molecule has 0 saturated carbocycles. The zero-order valence-corrected chi connectivity index (χ0v) is 61.6. The van der Waals surface area contributed by atoms with Gasteiger partial charge in [0, 0.05) is 52.3 Å². The zero-order chi connectivity index (χ0) is 79.8. The van der Waals surface area contributed by atoms with E-state index in [1.165, 1.54) is 12.4 Å². The molecule has 8 aromatic heterocycles. The van der Waals surface area contributed by atoms with Crippen LogP contribution in [-0.4, -0.2) is 187 Å². The molecular weight excluding hydrogens is 1450 g/mol. The van der Waals surface area contributed by atoms with Gasteiger partial charge in [-0.15, -0.1) is 0 Å². The quantitative estimate of drug-likeness (QED) is 0.0203. The highest BCUT2D eigenvalue weighted by molar-refractivity contribution is 6.06. The summed E-state index contributed by atoms with van der Waals surface area (Å²) in [5.41, 5.74) is 21.3. The minimum absolute atomic E-state index is 0. The van der Waals surface area contributed by atoms with Crippen molar-refractivity contribution in [3.05, 3.63) is 197 Å². The molecule has 14 N–H and O–H groups in total. The number of nitrogens with one attached hydrogen (secondary N) is 5. The van der Waals surface area contributed by atoms with Crippen LogP contribution in [0.1, 0.15) is 114 Å². The van der Waals surface area contributed by atoms with E-state index in [2.05, 4.69) is 71.7 Å². The van der Waals surface area contributed by atoms with Crippen molar-refractivity contribution in [2.75, 3.05) is 68.8 Å². The molecule has 3 aromatic carbocycles. The van der Waals surface area contributed by atoms with E-state index < -0.39 is 57.5 Å². The van der Waals surface area contributed by atoms with Gasteiger partial charge in [0.2, 0.25) is 11.6 Å². The van der Waals surface area contributed by atoms with Gasteiger partial charge >= 0.3 is 24.1 Å². The van der Waals surface area contributed by atoms with Crippen molar-refractivity contribution in [3.63, 3.8) is 0 Å². The number of aryl methyl sites for hydroxylation is 3. The number of carbonyl (C=O) groups is 7. The largest absolute Gasteiger partial charge is 0.480 e. The number of carboxylic acids is 2. The topological polar surface area (TPSA) is 516 Å². The van der Waals surface area contributed by atoms with Gasteiger partial charge < -0.3 is 96.7 Å². The van der Waals surface area contributed by atoms with Gasteiger partial charge in [0.25, 0.3) is 29.5 Å². The van der Waals surface area contributed by atoms with Crippen molar-refractivity contribution in [2.45, 2.75) is 103 Å². The average molecular weight is 1540 g/mol. The number of fused-ring (bicyclic) bond motifs is 3. The summed E-state index contributed by atoms with van der Waals surface area (Å²) < 4.78 is 46.1. The fourth-order valence-electron chi connectivity index (χ4n) is 10.7. The number of pyridine rings is 3. The molecule has 0 bridgehead atoms. The first-order valence-corrected chi connectivity index (χ1v) is 34.2. The molecule has 588 valence electrons. The standard InChI is InChI=1S/C25H26N6O5.C20H18N6O3.C16H15N5O2.C9H15NO5.C4H7NO3.CH4/c1-15-8-9-16(11-17(15)27-21(32)18-12-26-19-7-5-6-10-31(18)19)20-28-22(36-30-20)25(13-34-14-25)29-23(33)35-24(2,3)4;1-12-5-6-13(17-24-19(29-25-17)20(21)10-28-11-20)8-14(12)23-18(27)15-9-22-16-4-2-3-7-26(15)16;1-10-5-6-11(15(17)20-23)8-12(10)19-16(22)13-9-18-14-4-2-3-7-21(13)14;1-8(2,3)15-7(13)10-9(6(11)12)4-14-5-9;5-4(3(6)7)1-8-2-4;/h5-12H,13-14H2,1-4H3,(H,27,32)(H,29,33);2-9H,10-11,21H2,1H3,(H,23,27);2-9,23H,1H3,(H2,17,20)(H,19,22);4-5H2,1-3H3,(H,10,13)(H,11,12);1-2,5H2,(H,6,7);1H4. The number of hydrogen-bond acceptors (Lipinski definition) is 26. The zero-order valence-electron chi connectivity index (χ0n) is 61.6. The molecule has 0 aliphatic carbocycles. The Labute approximate surface area is 639 Å². The van der Waals surface area contributed by atoms with E-state index in [9.17, 15) is 33.6 Å². The van der Waals surface area contributed by atoms with E-state index in [0.29, 0.717) is 98.5 Å². The summed E-state index contributed by atoms with van der Waals surface area (Å²) in [6.45, 7) is 17.4. The summed E-state index contributed by atoms with van der Waals surface area (Å²) in [6, 6.07) is 32.8. The first-order chi connectivity index (χ1) is 52.7. The number of ether oxygens (including phenoxy) is 6. The SMILES string of the molecule is C.CC(C)(C)OC(=O)NC1(C(=O)O)COC1.Cc1ccc(-c2noc(C3(N)COC3)n2)cc1NC(=O)c1cnc2ccccn12.Cc1ccc(-c2noc(C3(NC(=O)OC(C)(C)C)COC3)n2)cc1NC(=O)c1cnc2ccccn12.Cc1ccc(/C(N)=N/O)cc1NC(=O)c1cnc2ccccn12.NC1(C(=O)O)COC1. The molecule has 0 unspecified atom stereocenters.